The molecule has 28 heavy (non-hydrogen) atoms. The Hall–Kier alpha value is -0.710. The molecule has 2 aliphatic rings. The molecule has 2 N–H and O–H groups in total. The highest BCUT2D eigenvalue weighted by Gasteiger charge is 2.40. The van der Waals surface area contributed by atoms with E-state index < -0.39 is 0 Å². The highest BCUT2D eigenvalue weighted by molar-refractivity contribution is 14.0. The number of hydrogen-bond donors (Lipinski definition) is 2. The lowest BCUT2D eigenvalue weighted by Gasteiger charge is -2.43. The van der Waals surface area contributed by atoms with Gasteiger partial charge in [-0.15, -0.1) is 24.0 Å². The van der Waals surface area contributed by atoms with E-state index in [9.17, 15) is 0 Å². The molecular formula is C20H33IN4O2S. The van der Waals surface area contributed by atoms with Gasteiger partial charge >= 0.3 is 0 Å². The van der Waals surface area contributed by atoms with E-state index in [4.69, 9.17) is 14.5 Å². The van der Waals surface area contributed by atoms with Crippen LogP contribution in [0.4, 0.5) is 0 Å². The average Bonchev–Trinajstić information content (AvgIpc) is 3.21. The van der Waals surface area contributed by atoms with E-state index >= 15 is 0 Å². The summed E-state index contributed by atoms with van der Waals surface area (Å²) in [6.07, 6.45) is 1.22. The third kappa shape index (κ3) is 6.40. The average molecular weight is 520 g/mol. The molecule has 0 aromatic heterocycles. The van der Waals surface area contributed by atoms with Crippen molar-refractivity contribution in [2.45, 2.75) is 25.4 Å². The number of morpholine rings is 1. The van der Waals surface area contributed by atoms with Crippen molar-refractivity contribution in [3.8, 4) is 5.75 Å². The van der Waals surface area contributed by atoms with Crippen molar-refractivity contribution in [2.75, 3.05) is 58.0 Å². The smallest absolute Gasteiger partial charge is 0.191 e. The van der Waals surface area contributed by atoms with E-state index in [0.29, 0.717) is 6.54 Å². The summed E-state index contributed by atoms with van der Waals surface area (Å²) < 4.78 is 10.9. The van der Waals surface area contributed by atoms with Crippen LogP contribution >= 0.6 is 35.7 Å². The molecule has 2 aliphatic heterocycles. The van der Waals surface area contributed by atoms with Crippen LogP contribution in [-0.2, 0) is 11.3 Å². The zero-order valence-corrected chi connectivity index (χ0v) is 20.1. The minimum Gasteiger partial charge on any atom is -0.497 e. The lowest BCUT2D eigenvalue weighted by molar-refractivity contribution is -0.0120. The van der Waals surface area contributed by atoms with Gasteiger partial charge in [0.2, 0.25) is 0 Å². The molecule has 0 aliphatic carbocycles. The Balaban J connectivity index is 0.00000280. The Bertz CT molecular complexity index is 620. The monoisotopic (exact) mass is 520 g/mol. The summed E-state index contributed by atoms with van der Waals surface area (Å²) in [5, 5.41) is 6.99. The maximum atomic E-state index is 5.56. The standard InChI is InChI=1S/C20H32N4O2S.HI/c1-3-21-19(22-14-17-5-4-6-18(13-17)25-2)23-15-20(7-12-27-16-20)24-8-10-26-11-9-24;/h4-6,13H,3,7-12,14-16H2,1-2H3,(H2,21,22,23);1H. The number of methoxy groups -OCH3 is 1. The molecule has 2 heterocycles. The first-order chi connectivity index (χ1) is 13.3. The van der Waals surface area contributed by atoms with Crippen molar-refractivity contribution in [3.63, 3.8) is 0 Å². The highest BCUT2D eigenvalue weighted by atomic mass is 127. The molecule has 2 fully saturated rings. The number of aliphatic imine (C=N–C) groups is 1. The van der Waals surface area contributed by atoms with E-state index in [1.54, 1.807) is 7.11 Å². The summed E-state index contributed by atoms with van der Waals surface area (Å²) in [6, 6.07) is 8.09. The van der Waals surface area contributed by atoms with Gasteiger partial charge in [-0.05, 0) is 36.8 Å². The Morgan fingerprint density at radius 3 is 2.82 bits per heavy atom. The lowest BCUT2D eigenvalue weighted by Crippen LogP contribution is -2.60. The highest BCUT2D eigenvalue weighted by Crippen LogP contribution is 2.33. The van der Waals surface area contributed by atoms with Crippen LogP contribution in [0.3, 0.4) is 0 Å². The molecule has 1 aromatic rings. The minimum atomic E-state index is 0. The maximum Gasteiger partial charge on any atom is 0.191 e. The van der Waals surface area contributed by atoms with Gasteiger partial charge in [0.05, 0.1) is 26.9 Å². The van der Waals surface area contributed by atoms with Crippen molar-refractivity contribution in [1.82, 2.24) is 15.5 Å². The normalized spacial score (nSPS) is 23.1. The van der Waals surface area contributed by atoms with Crippen LogP contribution in [0.2, 0.25) is 0 Å². The lowest BCUT2D eigenvalue weighted by atomic mass is 9.95. The van der Waals surface area contributed by atoms with Crippen LogP contribution in [0, 0.1) is 0 Å². The summed E-state index contributed by atoms with van der Waals surface area (Å²) in [4.78, 5) is 7.41. The second-order valence-corrected chi connectivity index (χ2v) is 8.13. The van der Waals surface area contributed by atoms with Crippen molar-refractivity contribution < 1.29 is 9.47 Å². The van der Waals surface area contributed by atoms with Gasteiger partial charge in [0.1, 0.15) is 5.75 Å². The van der Waals surface area contributed by atoms with Crippen LogP contribution < -0.4 is 15.4 Å². The molecular weight excluding hydrogens is 487 g/mol. The second kappa shape index (κ2) is 12.1. The first kappa shape index (κ1) is 23.6. The van der Waals surface area contributed by atoms with Crippen molar-refractivity contribution in [2.24, 2.45) is 4.99 Å². The SMILES string of the molecule is CCNC(=NCc1cccc(OC)c1)NCC1(N2CCOCC2)CCSC1.I. The third-order valence-corrected chi connectivity index (χ3v) is 6.48. The Labute approximate surface area is 190 Å². The fourth-order valence-corrected chi connectivity index (χ4v) is 5.14. The molecule has 8 heteroatoms. The number of nitrogens with one attached hydrogen (secondary N) is 2. The predicted octanol–water partition coefficient (Wildman–Crippen LogP) is 2.58. The molecule has 3 rings (SSSR count). The van der Waals surface area contributed by atoms with Gasteiger partial charge in [-0.1, -0.05) is 12.1 Å². The van der Waals surface area contributed by atoms with Crippen LogP contribution in [0.15, 0.2) is 29.3 Å². The van der Waals surface area contributed by atoms with E-state index in [1.807, 2.05) is 18.2 Å². The molecule has 0 spiro atoms. The number of thioether (sulfide) groups is 1. The van der Waals surface area contributed by atoms with Crippen LogP contribution in [0.25, 0.3) is 0 Å². The van der Waals surface area contributed by atoms with Gasteiger partial charge in [-0.2, -0.15) is 11.8 Å². The van der Waals surface area contributed by atoms with Crippen LogP contribution in [0.5, 0.6) is 5.75 Å². The van der Waals surface area contributed by atoms with Gasteiger partial charge < -0.3 is 20.1 Å². The van der Waals surface area contributed by atoms with Crippen molar-refractivity contribution in [1.29, 1.82) is 0 Å². The Kier molecular flexibility index (Phi) is 10.2. The molecule has 1 atom stereocenters. The van der Waals surface area contributed by atoms with Gasteiger partial charge in [0.15, 0.2) is 5.96 Å². The zero-order chi connectivity index (χ0) is 19.0. The fraction of sp³-hybridized carbons (Fsp3) is 0.650. The number of halogens is 1. The molecule has 2 saturated heterocycles. The molecule has 0 radical (unpaired) electrons. The second-order valence-electron chi connectivity index (χ2n) is 7.03. The third-order valence-electron chi connectivity index (χ3n) is 5.25. The Morgan fingerprint density at radius 2 is 2.14 bits per heavy atom. The van der Waals surface area contributed by atoms with Gasteiger partial charge in [-0.25, -0.2) is 4.99 Å². The molecule has 6 nitrogen and oxygen atoms in total. The summed E-state index contributed by atoms with van der Waals surface area (Å²) in [7, 11) is 1.69. The zero-order valence-electron chi connectivity index (χ0n) is 16.9. The van der Waals surface area contributed by atoms with Crippen LogP contribution in [0.1, 0.15) is 18.9 Å². The first-order valence-electron chi connectivity index (χ1n) is 9.81. The van der Waals surface area contributed by atoms with Crippen molar-refractivity contribution >= 4 is 41.7 Å². The molecule has 1 aromatic carbocycles. The number of ether oxygens (including phenoxy) is 2. The molecule has 1 unspecified atom stereocenters. The predicted molar refractivity (Wildman–Crippen MR) is 128 cm³/mol. The summed E-state index contributed by atoms with van der Waals surface area (Å²) in [6.45, 7) is 8.25. The number of benzene rings is 1. The number of hydrogen-bond acceptors (Lipinski definition) is 5. The summed E-state index contributed by atoms with van der Waals surface area (Å²) in [5.74, 6) is 4.16. The first-order valence-corrected chi connectivity index (χ1v) is 11.0. The van der Waals surface area contributed by atoms with E-state index in [2.05, 4.69) is 40.3 Å². The Morgan fingerprint density at radius 1 is 1.32 bits per heavy atom. The summed E-state index contributed by atoms with van der Waals surface area (Å²) >= 11 is 2.06. The largest absolute Gasteiger partial charge is 0.497 e. The molecule has 0 bridgehead atoms. The van der Waals surface area contributed by atoms with Gasteiger partial charge in [-0.3, -0.25) is 4.90 Å². The van der Waals surface area contributed by atoms with Gasteiger partial charge in [0.25, 0.3) is 0 Å². The summed E-state index contributed by atoms with van der Waals surface area (Å²) in [5.41, 5.74) is 1.35. The fourth-order valence-electron chi connectivity index (χ4n) is 3.67. The number of rotatable bonds is 7. The quantitative estimate of drug-likeness (QED) is 0.328. The molecule has 158 valence electrons. The van der Waals surface area contributed by atoms with Crippen molar-refractivity contribution in [3.05, 3.63) is 29.8 Å². The van der Waals surface area contributed by atoms with E-state index in [0.717, 1.165) is 56.7 Å². The number of nitrogens with zero attached hydrogens (tertiary/aromatic N) is 2. The minimum absolute atomic E-state index is 0. The van der Waals surface area contributed by atoms with E-state index in [1.165, 1.54) is 17.9 Å². The molecule has 0 amide bonds. The topological polar surface area (TPSA) is 58.1 Å². The number of guanidine groups is 1. The van der Waals surface area contributed by atoms with Crippen LogP contribution in [-0.4, -0.2) is 74.4 Å². The van der Waals surface area contributed by atoms with Gasteiger partial charge in [0, 0.05) is 37.5 Å². The maximum absolute atomic E-state index is 5.56. The van der Waals surface area contributed by atoms with E-state index in [-0.39, 0.29) is 29.5 Å². The molecule has 0 saturated carbocycles.